The third-order valence-electron chi connectivity index (χ3n) is 11.7. The van der Waals surface area contributed by atoms with Gasteiger partial charge < -0.3 is 5.32 Å². The van der Waals surface area contributed by atoms with E-state index in [4.69, 9.17) is 15.1 Å². The summed E-state index contributed by atoms with van der Waals surface area (Å²) < 4.78 is 2.15. The lowest BCUT2D eigenvalue weighted by molar-refractivity contribution is 0.756. The highest BCUT2D eigenvalue weighted by Gasteiger charge is 2.26. The van der Waals surface area contributed by atoms with Crippen molar-refractivity contribution in [3.8, 4) is 55.8 Å². The molecular weight excluding hydrogens is 755 g/mol. The lowest BCUT2D eigenvalue weighted by Crippen LogP contribution is -2.36. The highest BCUT2D eigenvalue weighted by atomic mass is 15.2. The number of fused-ring (bicyclic) bond motifs is 3. The number of nitrogens with one attached hydrogen (secondary N) is 1. The van der Waals surface area contributed by atoms with Crippen LogP contribution in [-0.2, 0) is 0 Å². The second-order valence-electron chi connectivity index (χ2n) is 15.6. The summed E-state index contributed by atoms with van der Waals surface area (Å²) in [5, 5.41) is 8.78. The maximum atomic E-state index is 5.37. The van der Waals surface area contributed by atoms with Crippen molar-refractivity contribution in [2.24, 2.45) is 9.98 Å². The molecule has 1 unspecified atom stereocenters. The largest absolute Gasteiger partial charge is 0.324 e. The van der Waals surface area contributed by atoms with Gasteiger partial charge in [-0.1, -0.05) is 200 Å². The number of aliphatic imine (C=N–C) groups is 2. The summed E-state index contributed by atoms with van der Waals surface area (Å²) in [6.07, 6.45) is 11.4. The van der Waals surface area contributed by atoms with E-state index in [2.05, 4.69) is 222 Å². The molecule has 1 aliphatic heterocycles. The van der Waals surface area contributed by atoms with E-state index in [1.54, 1.807) is 0 Å². The van der Waals surface area contributed by atoms with E-state index in [0.717, 1.165) is 102 Å². The van der Waals surface area contributed by atoms with Gasteiger partial charge in [-0.15, -0.1) is 0 Å². The van der Waals surface area contributed by atoms with Gasteiger partial charge in [0.05, 0.1) is 17.4 Å². The van der Waals surface area contributed by atoms with Crippen molar-refractivity contribution < 1.29 is 0 Å². The molecule has 5 nitrogen and oxygen atoms in total. The zero-order chi connectivity index (χ0) is 41.2. The third kappa shape index (κ3) is 6.95. The summed E-state index contributed by atoms with van der Waals surface area (Å²) in [5.41, 5.74) is 17.6. The van der Waals surface area contributed by atoms with Crippen LogP contribution in [0.25, 0.3) is 73.4 Å². The Hall–Kier alpha value is -8.15. The Kier molecular flexibility index (Phi) is 9.60. The average Bonchev–Trinajstić information content (AvgIpc) is 3.65. The lowest BCUT2D eigenvalue weighted by atomic mass is 9.89. The van der Waals surface area contributed by atoms with E-state index in [-0.39, 0.29) is 0 Å². The fourth-order valence-corrected chi connectivity index (χ4v) is 8.72. The minimum Gasteiger partial charge on any atom is -0.324 e. The lowest BCUT2D eigenvalue weighted by Gasteiger charge is -2.24. The van der Waals surface area contributed by atoms with E-state index in [0.29, 0.717) is 0 Å². The number of allylic oxidation sites excluding steroid dienone is 2. The third-order valence-corrected chi connectivity index (χ3v) is 11.7. The van der Waals surface area contributed by atoms with E-state index in [1.807, 2.05) is 12.3 Å². The summed E-state index contributed by atoms with van der Waals surface area (Å²) in [5.74, 6) is 1.55. The van der Waals surface area contributed by atoms with E-state index < -0.39 is 6.17 Å². The number of amidine groups is 2. The van der Waals surface area contributed by atoms with Crippen LogP contribution < -0.4 is 5.32 Å². The summed E-state index contributed by atoms with van der Waals surface area (Å²) in [6.45, 7) is 0. The molecule has 0 fully saturated rings. The summed E-state index contributed by atoms with van der Waals surface area (Å²) in [7, 11) is 0. The average molecular weight is 796 g/mol. The molecule has 1 atom stereocenters. The first-order valence-electron chi connectivity index (χ1n) is 21.1. The molecule has 0 spiro atoms. The van der Waals surface area contributed by atoms with Gasteiger partial charge in [-0.25, -0.2) is 14.5 Å². The van der Waals surface area contributed by atoms with Gasteiger partial charge >= 0.3 is 0 Å². The Morgan fingerprint density at radius 2 is 0.919 bits per heavy atom. The van der Waals surface area contributed by atoms with Crippen molar-refractivity contribution >= 4 is 29.3 Å². The highest BCUT2D eigenvalue weighted by molar-refractivity contribution is 6.16. The first kappa shape index (κ1) is 36.9. The van der Waals surface area contributed by atoms with Gasteiger partial charge in [-0.05, 0) is 69.1 Å². The molecule has 3 heterocycles. The van der Waals surface area contributed by atoms with Crippen LogP contribution in [0.5, 0.6) is 0 Å². The maximum absolute atomic E-state index is 5.37. The number of benzene rings is 7. The number of rotatable bonds is 8. The molecule has 5 heteroatoms. The smallest absolute Gasteiger partial charge is 0.169 e. The number of pyridine rings is 1. The molecule has 0 radical (unpaired) electrons. The Bertz CT molecular complexity index is 3130. The quantitative estimate of drug-likeness (QED) is 0.167. The Balaban J connectivity index is 1.07. The number of hydrogen-bond donors (Lipinski definition) is 1. The molecular formula is C57H41N5. The van der Waals surface area contributed by atoms with Gasteiger partial charge in [0.2, 0.25) is 0 Å². The van der Waals surface area contributed by atoms with Gasteiger partial charge in [0, 0.05) is 33.4 Å². The van der Waals surface area contributed by atoms with Crippen LogP contribution in [0.4, 0.5) is 0 Å². The molecule has 11 rings (SSSR count). The minimum absolute atomic E-state index is 0.480. The van der Waals surface area contributed by atoms with Crippen LogP contribution in [-0.4, -0.2) is 21.3 Å². The normalized spacial score (nSPS) is 14.4. The number of aromatic nitrogens is 2. The number of hydrogen-bond acceptors (Lipinski definition) is 4. The summed E-state index contributed by atoms with van der Waals surface area (Å²) >= 11 is 0. The topological polar surface area (TPSA) is 54.0 Å². The molecule has 62 heavy (non-hydrogen) atoms. The van der Waals surface area contributed by atoms with Gasteiger partial charge in [-0.3, -0.25) is 0 Å². The van der Waals surface area contributed by atoms with Crippen molar-refractivity contribution in [2.75, 3.05) is 0 Å². The summed E-state index contributed by atoms with van der Waals surface area (Å²) in [4.78, 5) is 10.6. The van der Waals surface area contributed by atoms with E-state index in [9.17, 15) is 0 Å². The van der Waals surface area contributed by atoms with Crippen LogP contribution in [0.3, 0.4) is 0 Å². The fourth-order valence-electron chi connectivity index (χ4n) is 8.72. The molecule has 2 aliphatic rings. The molecule has 1 aliphatic carbocycles. The van der Waals surface area contributed by atoms with Crippen LogP contribution in [0.2, 0.25) is 0 Å². The van der Waals surface area contributed by atoms with Crippen LogP contribution >= 0.6 is 0 Å². The molecule has 0 saturated heterocycles. The van der Waals surface area contributed by atoms with Crippen LogP contribution in [0.1, 0.15) is 40.4 Å². The van der Waals surface area contributed by atoms with Crippen LogP contribution in [0.15, 0.2) is 222 Å². The minimum atomic E-state index is -0.480. The van der Waals surface area contributed by atoms with Gasteiger partial charge in [-0.2, -0.15) is 5.10 Å². The summed E-state index contributed by atoms with van der Waals surface area (Å²) in [6, 6.07) is 68.2. The molecule has 0 saturated carbocycles. The van der Waals surface area contributed by atoms with Crippen molar-refractivity contribution in [3.05, 3.63) is 240 Å². The second kappa shape index (κ2) is 16.1. The molecule has 7 aromatic carbocycles. The SMILES string of the molecule is C1=Cc2c(-c3ccc(C4N=C(c5ccccc5)NC(c5cc(-c6ccccc6)cc(-c6ccccc6)c5)=N4)cc3)c(-c3ccccc3)n3ncc(-c4ccccc4)c3c2C=CC1. The van der Waals surface area contributed by atoms with Crippen molar-refractivity contribution in [3.63, 3.8) is 0 Å². The van der Waals surface area contributed by atoms with Gasteiger partial charge in [0.15, 0.2) is 6.17 Å². The molecule has 0 bridgehead atoms. The molecule has 0 amide bonds. The first-order valence-corrected chi connectivity index (χ1v) is 21.1. The second-order valence-corrected chi connectivity index (χ2v) is 15.6. The van der Waals surface area contributed by atoms with Crippen LogP contribution in [0, 0.1) is 0 Å². The predicted molar refractivity (Wildman–Crippen MR) is 257 cm³/mol. The van der Waals surface area contributed by atoms with E-state index in [1.165, 1.54) is 5.56 Å². The van der Waals surface area contributed by atoms with Crippen molar-refractivity contribution in [2.45, 2.75) is 12.6 Å². The first-order chi connectivity index (χ1) is 30.7. The zero-order valence-corrected chi connectivity index (χ0v) is 33.9. The number of nitrogens with zero attached hydrogens (tertiary/aromatic N) is 4. The Morgan fingerprint density at radius 3 is 1.50 bits per heavy atom. The molecule has 294 valence electrons. The zero-order valence-electron chi connectivity index (χ0n) is 33.9. The van der Waals surface area contributed by atoms with E-state index >= 15 is 0 Å². The fraction of sp³-hybridized carbons (Fsp3) is 0.0351. The highest BCUT2D eigenvalue weighted by Crippen LogP contribution is 2.43. The molecule has 1 N–H and O–H groups in total. The standard InChI is InChI=1S/C57H41N5/c1-7-19-39(20-8-1)46-35-47(40-21-9-2-10-22-40)37-48(36-46)57-60-55(44-27-15-5-16-28-44)59-56(61-57)45-33-31-42(32-34-45)52-49-29-17-6-18-30-50(49)54-51(41-23-11-3-12-24-41)38-58-62(54)53(52)43-25-13-4-14-26-43/h1-5,7-38,56H,6H2,(H,59,60,61). The van der Waals surface area contributed by atoms with Crippen molar-refractivity contribution in [1.29, 1.82) is 0 Å². The monoisotopic (exact) mass is 795 g/mol. The molecule has 2 aromatic heterocycles. The van der Waals surface area contributed by atoms with Gasteiger partial charge in [0.1, 0.15) is 11.7 Å². The Labute approximate surface area is 361 Å². The predicted octanol–water partition coefficient (Wildman–Crippen LogP) is 13.6. The molecule has 9 aromatic rings. The Morgan fingerprint density at radius 1 is 0.435 bits per heavy atom. The maximum Gasteiger partial charge on any atom is 0.169 e. The van der Waals surface area contributed by atoms with Gasteiger partial charge in [0.25, 0.3) is 0 Å². The van der Waals surface area contributed by atoms with Crippen molar-refractivity contribution in [1.82, 2.24) is 14.9 Å².